The summed E-state index contributed by atoms with van der Waals surface area (Å²) in [5.74, 6) is 1.39. The molecule has 1 saturated carbocycles. The molecule has 1 saturated heterocycles. The van der Waals surface area contributed by atoms with Crippen LogP contribution in [-0.4, -0.2) is 61.0 Å². The first-order valence-corrected chi connectivity index (χ1v) is 9.82. The van der Waals surface area contributed by atoms with Gasteiger partial charge >= 0.3 is 0 Å². The number of hydrogen-bond acceptors (Lipinski definition) is 5. The highest BCUT2D eigenvalue weighted by Gasteiger charge is 2.33. The normalized spacial score (nSPS) is 24.0. The van der Waals surface area contributed by atoms with Gasteiger partial charge in [-0.2, -0.15) is 0 Å². The third-order valence-electron chi connectivity index (χ3n) is 5.86. The van der Waals surface area contributed by atoms with Gasteiger partial charge in [-0.3, -0.25) is 14.4 Å². The molecule has 3 amide bonds. The molecule has 2 heterocycles. The average molecular weight is 387 g/mol. The number of carbonyl (C=O) groups is 3. The second-order valence-electron chi connectivity index (χ2n) is 7.57. The van der Waals surface area contributed by atoms with Gasteiger partial charge in [0.05, 0.1) is 0 Å². The molecule has 1 aromatic rings. The fraction of sp³-hybridized carbons (Fsp3) is 0.550. The summed E-state index contributed by atoms with van der Waals surface area (Å²) in [6.45, 7) is 2.60. The van der Waals surface area contributed by atoms with Crippen molar-refractivity contribution in [3.05, 3.63) is 18.2 Å². The highest BCUT2D eigenvalue weighted by Crippen LogP contribution is 2.35. The van der Waals surface area contributed by atoms with Gasteiger partial charge in [-0.15, -0.1) is 0 Å². The fourth-order valence-corrected chi connectivity index (χ4v) is 4.13. The summed E-state index contributed by atoms with van der Waals surface area (Å²) in [6.07, 6.45) is 3.71. The lowest BCUT2D eigenvalue weighted by Gasteiger charge is -2.36. The van der Waals surface area contributed by atoms with E-state index in [9.17, 15) is 14.4 Å². The number of nitrogens with one attached hydrogen (secondary N) is 1. The predicted octanol–water partition coefficient (Wildman–Crippen LogP) is 1.46. The quantitative estimate of drug-likeness (QED) is 0.791. The van der Waals surface area contributed by atoms with Crippen molar-refractivity contribution in [2.45, 2.75) is 25.7 Å². The molecule has 8 heteroatoms. The van der Waals surface area contributed by atoms with Gasteiger partial charge in [0.2, 0.25) is 25.0 Å². The summed E-state index contributed by atoms with van der Waals surface area (Å²) in [4.78, 5) is 39.7. The average Bonchev–Trinajstić information content (AvgIpc) is 3.21. The summed E-state index contributed by atoms with van der Waals surface area (Å²) < 4.78 is 10.6. The van der Waals surface area contributed by atoms with Gasteiger partial charge in [0.1, 0.15) is 0 Å². The largest absolute Gasteiger partial charge is 0.454 e. The fourth-order valence-electron chi connectivity index (χ4n) is 4.13. The standard InChI is InChI=1S/C20H25N3O5/c24-12-22-7-9-23(10-8-22)20(26)15-3-1-14(2-4-15)19(25)21-16-5-6-17-18(11-16)28-13-27-17/h5-6,11-12,14-15H,1-4,7-10,13H2,(H,21,25). The molecule has 0 radical (unpaired) electrons. The van der Waals surface area contributed by atoms with E-state index in [-0.39, 0.29) is 30.4 Å². The van der Waals surface area contributed by atoms with E-state index in [2.05, 4.69) is 5.32 Å². The minimum Gasteiger partial charge on any atom is -0.454 e. The Labute approximate surface area is 163 Å². The van der Waals surface area contributed by atoms with Crippen LogP contribution in [0, 0.1) is 11.8 Å². The van der Waals surface area contributed by atoms with Crippen LogP contribution >= 0.6 is 0 Å². The van der Waals surface area contributed by atoms with Crippen LogP contribution in [0.5, 0.6) is 11.5 Å². The molecular formula is C20H25N3O5. The smallest absolute Gasteiger partial charge is 0.231 e. The summed E-state index contributed by atoms with van der Waals surface area (Å²) >= 11 is 0. The first kappa shape index (κ1) is 18.6. The van der Waals surface area contributed by atoms with Gasteiger partial charge in [-0.25, -0.2) is 0 Å². The third-order valence-corrected chi connectivity index (χ3v) is 5.86. The Hall–Kier alpha value is -2.77. The molecule has 0 bridgehead atoms. The zero-order valence-electron chi connectivity index (χ0n) is 15.8. The molecular weight excluding hydrogens is 362 g/mol. The van der Waals surface area contributed by atoms with E-state index >= 15 is 0 Å². The second-order valence-corrected chi connectivity index (χ2v) is 7.57. The first-order valence-electron chi connectivity index (χ1n) is 9.82. The van der Waals surface area contributed by atoms with Crippen molar-refractivity contribution in [1.82, 2.24) is 9.80 Å². The number of fused-ring (bicyclic) bond motifs is 1. The van der Waals surface area contributed by atoms with Crippen molar-refractivity contribution < 1.29 is 23.9 Å². The lowest BCUT2D eigenvalue weighted by molar-refractivity contribution is -0.140. The molecule has 4 rings (SSSR count). The molecule has 2 aliphatic heterocycles. The summed E-state index contributed by atoms with van der Waals surface area (Å²) in [6, 6.07) is 5.37. The molecule has 2 fully saturated rings. The molecule has 1 N–H and O–H groups in total. The lowest BCUT2D eigenvalue weighted by atomic mass is 9.80. The van der Waals surface area contributed by atoms with Crippen molar-refractivity contribution in [1.29, 1.82) is 0 Å². The number of amides is 3. The Morgan fingerprint density at radius 1 is 0.964 bits per heavy atom. The van der Waals surface area contributed by atoms with Crippen LogP contribution in [0.25, 0.3) is 0 Å². The molecule has 0 unspecified atom stereocenters. The summed E-state index contributed by atoms with van der Waals surface area (Å²) in [5, 5.41) is 2.95. The molecule has 0 aromatic heterocycles. The van der Waals surface area contributed by atoms with Gasteiger partial charge in [0.15, 0.2) is 11.5 Å². The number of piperazine rings is 1. The van der Waals surface area contributed by atoms with Crippen LogP contribution in [0.1, 0.15) is 25.7 Å². The number of anilines is 1. The monoisotopic (exact) mass is 387 g/mol. The van der Waals surface area contributed by atoms with Crippen molar-refractivity contribution in [2.75, 3.05) is 38.3 Å². The van der Waals surface area contributed by atoms with E-state index in [4.69, 9.17) is 9.47 Å². The number of hydrogen-bond donors (Lipinski definition) is 1. The molecule has 8 nitrogen and oxygen atoms in total. The van der Waals surface area contributed by atoms with Crippen LogP contribution in [-0.2, 0) is 14.4 Å². The number of carbonyl (C=O) groups excluding carboxylic acids is 3. The number of rotatable bonds is 4. The Kier molecular flexibility index (Phi) is 5.36. The minimum atomic E-state index is -0.0821. The minimum absolute atomic E-state index is 0.00985. The second kappa shape index (κ2) is 8.08. The van der Waals surface area contributed by atoms with E-state index < -0.39 is 0 Å². The predicted molar refractivity (Wildman–Crippen MR) is 101 cm³/mol. The number of ether oxygens (including phenoxy) is 2. The maximum absolute atomic E-state index is 12.7. The maximum Gasteiger partial charge on any atom is 0.231 e. The third kappa shape index (κ3) is 3.90. The first-order chi connectivity index (χ1) is 13.6. The highest BCUT2D eigenvalue weighted by atomic mass is 16.7. The molecule has 150 valence electrons. The van der Waals surface area contributed by atoms with Crippen LogP contribution in [0.2, 0.25) is 0 Å². The number of nitrogens with zero attached hydrogens (tertiary/aromatic N) is 2. The SMILES string of the molecule is O=CN1CCN(C(=O)C2CCC(C(=O)Nc3ccc4c(c3)OCO4)CC2)CC1. The summed E-state index contributed by atoms with van der Waals surface area (Å²) in [7, 11) is 0. The van der Waals surface area contributed by atoms with Crippen LogP contribution in [0.15, 0.2) is 18.2 Å². The van der Waals surface area contributed by atoms with E-state index in [0.717, 1.165) is 19.3 Å². The van der Waals surface area contributed by atoms with Gasteiger partial charge < -0.3 is 24.6 Å². The van der Waals surface area contributed by atoms with Crippen LogP contribution in [0.4, 0.5) is 5.69 Å². The van der Waals surface area contributed by atoms with Crippen molar-refractivity contribution in [2.24, 2.45) is 11.8 Å². The summed E-state index contributed by atoms with van der Waals surface area (Å²) in [5.41, 5.74) is 0.695. The topological polar surface area (TPSA) is 88.2 Å². The van der Waals surface area contributed by atoms with Gasteiger partial charge in [-0.1, -0.05) is 0 Å². The van der Waals surface area contributed by atoms with Crippen molar-refractivity contribution in [3.63, 3.8) is 0 Å². The van der Waals surface area contributed by atoms with Crippen molar-refractivity contribution in [3.8, 4) is 11.5 Å². The molecule has 1 aromatic carbocycles. The molecule has 0 atom stereocenters. The van der Waals surface area contributed by atoms with E-state index in [1.165, 1.54) is 0 Å². The Morgan fingerprint density at radius 3 is 2.36 bits per heavy atom. The van der Waals surface area contributed by atoms with E-state index in [0.29, 0.717) is 56.2 Å². The maximum atomic E-state index is 12.7. The van der Waals surface area contributed by atoms with E-state index in [1.54, 1.807) is 23.1 Å². The Morgan fingerprint density at radius 2 is 1.64 bits per heavy atom. The van der Waals surface area contributed by atoms with Gasteiger partial charge in [0, 0.05) is 49.8 Å². The van der Waals surface area contributed by atoms with Crippen molar-refractivity contribution >= 4 is 23.9 Å². The molecule has 28 heavy (non-hydrogen) atoms. The van der Waals surface area contributed by atoms with Crippen LogP contribution < -0.4 is 14.8 Å². The lowest BCUT2D eigenvalue weighted by Crippen LogP contribution is -2.50. The van der Waals surface area contributed by atoms with Gasteiger partial charge in [0.25, 0.3) is 0 Å². The Bertz CT molecular complexity index is 752. The number of benzene rings is 1. The van der Waals surface area contributed by atoms with Gasteiger partial charge in [-0.05, 0) is 37.8 Å². The highest BCUT2D eigenvalue weighted by molar-refractivity contribution is 5.93. The van der Waals surface area contributed by atoms with E-state index in [1.807, 2.05) is 4.90 Å². The zero-order chi connectivity index (χ0) is 19.5. The zero-order valence-corrected chi connectivity index (χ0v) is 15.8. The van der Waals surface area contributed by atoms with Crippen LogP contribution in [0.3, 0.4) is 0 Å². The molecule has 1 aliphatic carbocycles. The Balaban J connectivity index is 1.26. The molecule has 0 spiro atoms. The molecule has 3 aliphatic rings.